The van der Waals surface area contributed by atoms with Crippen molar-refractivity contribution >= 4 is 44.6 Å². The monoisotopic (exact) mass is 444 g/mol. The highest BCUT2D eigenvalue weighted by Crippen LogP contribution is 2.38. The van der Waals surface area contributed by atoms with Crippen LogP contribution >= 0.6 is 22.9 Å². The minimum atomic E-state index is -3.79. The molecule has 1 amide bonds. The van der Waals surface area contributed by atoms with Crippen molar-refractivity contribution in [2.45, 2.75) is 30.6 Å². The number of carbonyl (C=O) groups is 1. The molecule has 0 aliphatic carbocycles. The topological polar surface area (TPSA) is 84.9 Å². The quantitative estimate of drug-likeness (QED) is 0.707. The van der Waals surface area contributed by atoms with E-state index in [0.717, 1.165) is 27.6 Å². The van der Waals surface area contributed by atoms with Gasteiger partial charge in [0.05, 0.1) is 23.2 Å². The molecular weight excluding hydrogens is 424 g/mol. The lowest BCUT2D eigenvalue weighted by Gasteiger charge is -2.17. The number of anilines is 1. The van der Waals surface area contributed by atoms with E-state index in [4.69, 9.17) is 21.1 Å². The molecule has 10 heteroatoms. The van der Waals surface area contributed by atoms with Crippen LogP contribution in [0.3, 0.4) is 0 Å². The molecule has 2 aromatic rings. The largest absolute Gasteiger partial charge is 0.492 e. The molecule has 0 saturated carbocycles. The molecule has 1 aromatic heterocycles. The molecule has 0 saturated heterocycles. The number of rotatable bonds is 7. The summed E-state index contributed by atoms with van der Waals surface area (Å²) >= 11 is 6.76. The maximum atomic E-state index is 12.5. The Morgan fingerprint density at radius 3 is 2.82 bits per heavy atom. The summed E-state index contributed by atoms with van der Waals surface area (Å²) in [6.07, 6.45) is 0.831. The first kappa shape index (κ1) is 20.9. The number of likely N-dealkylation sites (N-methyl/N-ethyl adjacent to an activating group) is 1. The molecule has 1 N–H and O–H groups in total. The van der Waals surface area contributed by atoms with Gasteiger partial charge in [-0.2, -0.15) is 4.31 Å². The van der Waals surface area contributed by atoms with Crippen LogP contribution in [0.5, 0.6) is 11.5 Å². The van der Waals surface area contributed by atoms with E-state index >= 15 is 0 Å². The molecule has 1 aromatic carbocycles. The lowest BCUT2D eigenvalue weighted by molar-refractivity contribution is -0.116. The first-order valence-electron chi connectivity index (χ1n) is 8.68. The standard InChI is InChI=1S/C18H21ClN2O5S2/c1-4-25-15-8-12-7-11(2)26-14(12)9-13(15)20-17(22)10-21(3)28(23,24)18-6-5-16(19)27-18/h5-6,8-9,11H,4,7,10H2,1-3H3,(H,20,22)/t11-/m1/s1. The van der Waals surface area contributed by atoms with Gasteiger partial charge >= 0.3 is 0 Å². The Labute approximate surface area is 173 Å². The molecular formula is C18H21ClN2O5S2. The van der Waals surface area contributed by atoms with Crippen molar-refractivity contribution in [1.82, 2.24) is 4.31 Å². The number of nitrogens with one attached hydrogen (secondary N) is 1. The molecule has 2 heterocycles. The SMILES string of the molecule is CCOc1cc2c(cc1NC(=O)CN(C)S(=O)(=O)c1ccc(Cl)s1)O[C@H](C)C2. The number of hydrogen-bond acceptors (Lipinski definition) is 6. The second-order valence-corrected chi connectivity index (χ2v) is 10.4. The summed E-state index contributed by atoms with van der Waals surface area (Å²) in [6, 6.07) is 6.50. The highest BCUT2D eigenvalue weighted by Gasteiger charge is 2.26. The molecule has 1 aliphatic heterocycles. The van der Waals surface area contributed by atoms with E-state index in [2.05, 4.69) is 5.32 Å². The first-order chi connectivity index (χ1) is 13.2. The van der Waals surface area contributed by atoms with Gasteiger partial charge in [-0.15, -0.1) is 11.3 Å². The number of thiophene rings is 1. The van der Waals surface area contributed by atoms with Crippen molar-refractivity contribution in [2.75, 3.05) is 25.5 Å². The molecule has 0 radical (unpaired) electrons. The van der Waals surface area contributed by atoms with Crippen molar-refractivity contribution in [3.05, 3.63) is 34.2 Å². The summed E-state index contributed by atoms with van der Waals surface area (Å²) in [5.41, 5.74) is 1.47. The van der Waals surface area contributed by atoms with Gasteiger partial charge in [-0.25, -0.2) is 8.42 Å². The van der Waals surface area contributed by atoms with Gasteiger partial charge in [-0.05, 0) is 32.0 Å². The molecule has 0 unspecified atom stereocenters. The number of amides is 1. The Hall–Kier alpha value is -1.81. The van der Waals surface area contributed by atoms with Gasteiger partial charge in [0.1, 0.15) is 21.8 Å². The van der Waals surface area contributed by atoms with Crippen molar-refractivity contribution in [3.63, 3.8) is 0 Å². The average Bonchev–Trinajstić information content (AvgIpc) is 3.20. The van der Waals surface area contributed by atoms with Gasteiger partial charge in [0.15, 0.2) is 0 Å². The van der Waals surface area contributed by atoms with E-state index in [9.17, 15) is 13.2 Å². The molecule has 1 aliphatic rings. The Morgan fingerprint density at radius 1 is 1.43 bits per heavy atom. The van der Waals surface area contributed by atoms with E-state index in [0.29, 0.717) is 28.1 Å². The highest BCUT2D eigenvalue weighted by molar-refractivity contribution is 7.91. The first-order valence-corrected chi connectivity index (χ1v) is 11.3. The maximum Gasteiger partial charge on any atom is 0.252 e. The van der Waals surface area contributed by atoms with Crippen LogP contribution in [-0.4, -0.2) is 44.9 Å². The van der Waals surface area contributed by atoms with Gasteiger partial charge in [0, 0.05) is 25.1 Å². The highest BCUT2D eigenvalue weighted by atomic mass is 35.5. The van der Waals surface area contributed by atoms with Crippen LogP contribution in [0.25, 0.3) is 0 Å². The molecule has 3 rings (SSSR count). The van der Waals surface area contributed by atoms with Gasteiger partial charge in [0.25, 0.3) is 10.0 Å². The Morgan fingerprint density at radius 2 is 2.18 bits per heavy atom. The van der Waals surface area contributed by atoms with Gasteiger partial charge in [-0.1, -0.05) is 11.6 Å². The summed E-state index contributed by atoms with van der Waals surface area (Å²) < 4.78 is 37.9. The third-order valence-electron chi connectivity index (χ3n) is 4.15. The summed E-state index contributed by atoms with van der Waals surface area (Å²) in [7, 11) is -2.45. The molecule has 1 atom stereocenters. The molecule has 152 valence electrons. The summed E-state index contributed by atoms with van der Waals surface area (Å²) in [4.78, 5) is 12.5. The van der Waals surface area contributed by atoms with E-state index in [1.165, 1.54) is 19.2 Å². The summed E-state index contributed by atoms with van der Waals surface area (Å²) in [5, 5.41) is 2.73. The smallest absolute Gasteiger partial charge is 0.252 e. The van der Waals surface area contributed by atoms with Crippen LogP contribution in [0.4, 0.5) is 5.69 Å². The summed E-state index contributed by atoms with van der Waals surface area (Å²) in [6.45, 7) is 3.91. The molecule has 0 spiro atoms. The van der Waals surface area contributed by atoms with Crippen LogP contribution in [0, 0.1) is 0 Å². The number of ether oxygens (including phenoxy) is 2. The zero-order valence-electron chi connectivity index (χ0n) is 15.7. The summed E-state index contributed by atoms with van der Waals surface area (Å²) in [5.74, 6) is 0.740. The maximum absolute atomic E-state index is 12.5. The molecule has 7 nitrogen and oxygen atoms in total. The van der Waals surface area contributed by atoms with E-state index in [1.54, 1.807) is 6.07 Å². The van der Waals surface area contributed by atoms with Gasteiger partial charge in [-0.3, -0.25) is 4.79 Å². The zero-order chi connectivity index (χ0) is 20.5. The second kappa shape index (κ2) is 8.28. The Bertz CT molecular complexity index is 990. The van der Waals surface area contributed by atoms with Crippen molar-refractivity contribution < 1.29 is 22.7 Å². The van der Waals surface area contributed by atoms with Crippen molar-refractivity contribution in [1.29, 1.82) is 0 Å². The molecule has 0 bridgehead atoms. The lowest BCUT2D eigenvalue weighted by Crippen LogP contribution is -2.34. The minimum absolute atomic E-state index is 0.0596. The number of halogens is 1. The lowest BCUT2D eigenvalue weighted by atomic mass is 10.1. The Balaban J connectivity index is 1.75. The molecule has 28 heavy (non-hydrogen) atoms. The number of carbonyl (C=O) groups excluding carboxylic acids is 1. The van der Waals surface area contributed by atoms with Crippen molar-refractivity contribution in [2.24, 2.45) is 0 Å². The third-order valence-corrected chi connectivity index (χ3v) is 7.65. The van der Waals surface area contributed by atoms with Crippen LogP contribution in [-0.2, 0) is 21.2 Å². The van der Waals surface area contributed by atoms with E-state index < -0.39 is 15.9 Å². The minimum Gasteiger partial charge on any atom is -0.492 e. The normalized spacial score (nSPS) is 16.0. The van der Waals surface area contributed by atoms with Crippen LogP contribution in [0.15, 0.2) is 28.5 Å². The van der Waals surface area contributed by atoms with Crippen LogP contribution < -0.4 is 14.8 Å². The van der Waals surface area contributed by atoms with Gasteiger partial charge in [0.2, 0.25) is 5.91 Å². The third kappa shape index (κ3) is 4.43. The fourth-order valence-corrected chi connectivity index (χ4v) is 5.70. The van der Waals surface area contributed by atoms with E-state index in [-0.39, 0.29) is 16.9 Å². The number of sulfonamides is 1. The second-order valence-electron chi connectivity index (χ2n) is 6.39. The van der Waals surface area contributed by atoms with E-state index in [1.807, 2.05) is 19.9 Å². The average molecular weight is 445 g/mol. The van der Waals surface area contributed by atoms with Gasteiger partial charge < -0.3 is 14.8 Å². The number of nitrogens with zero attached hydrogens (tertiary/aromatic N) is 1. The number of fused-ring (bicyclic) bond motifs is 1. The zero-order valence-corrected chi connectivity index (χ0v) is 18.1. The predicted octanol–water partition coefficient (Wildman–Crippen LogP) is 3.38. The Kier molecular flexibility index (Phi) is 6.18. The fourth-order valence-electron chi connectivity index (χ4n) is 2.88. The number of benzene rings is 1. The number of hydrogen-bond donors (Lipinski definition) is 1. The predicted molar refractivity (Wildman–Crippen MR) is 109 cm³/mol. The van der Waals surface area contributed by atoms with Crippen LogP contribution in [0.1, 0.15) is 19.4 Å². The molecule has 0 fully saturated rings. The van der Waals surface area contributed by atoms with Crippen molar-refractivity contribution in [3.8, 4) is 11.5 Å². The van der Waals surface area contributed by atoms with Crippen LogP contribution in [0.2, 0.25) is 4.34 Å². The fraction of sp³-hybridized carbons (Fsp3) is 0.389.